The van der Waals surface area contributed by atoms with E-state index in [1.54, 1.807) is 19.2 Å². The largest absolute Gasteiger partial charge is 0.455 e. The molecule has 1 N–H and O–H groups in total. The van der Waals surface area contributed by atoms with Crippen LogP contribution in [0, 0.1) is 5.82 Å². The predicted octanol–water partition coefficient (Wildman–Crippen LogP) is 7.79. The number of nitrogens with one attached hydrogen (secondary N) is 1. The molecule has 4 aromatic carbocycles. The molecule has 194 valence electrons. The molecular formula is C31H23ClFN3O3. The van der Waals surface area contributed by atoms with E-state index in [2.05, 4.69) is 10.3 Å². The number of carbonyl (C=O) groups is 1. The second-order valence-corrected chi connectivity index (χ2v) is 9.80. The van der Waals surface area contributed by atoms with Crippen LogP contribution in [0.3, 0.4) is 0 Å². The Morgan fingerprint density at radius 3 is 2.36 bits per heavy atom. The summed E-state index contributed by atoms with van der Waals surface area (Å²) in [6, 6.07) is 22.9. The average Bonchev–Trinajstić information content (AvgIpc) is 3.53. The summed E-state index contributed by atoms with van der Waals surface area (Å²) in [5.74, 6) is 0.143. The Labute approximate surface area is 228 Å². The van der Waals surface area contributed by atoms with Crippen LogP contribution in [0.25, 0.3) is 56.0 Å². The number of aromatic nitrogens is 1. The Kier molecular flexibility index (Phi) is 6.08. The molecule has 39 heavy (non-hydrogen) atoms. The number of rotatable bonds is 5. The van der Waals surface area contributed by atoms with Gasteiger partial charge in [0.25, 0.3) is 5.91 Å². The summed E-state index contributed by atoms with van der Waals surface area (Å²) in [4.78, 5) is 19.7. The van der Waals surface area contributed by atoms with Crippen molar-refractivity contribution in [2.45, 2.75) is 0 Å². The number of nitrogens with zero attached hydrogens (tertiary/aromatic N) is 2. The minimum absolute atomic E-state index is 0.310. The fourth-order valence-electron chi connectivity index (χ4n) is 4.75. The summed E-state index contributed by atoms with van der Waals surface area (Å²) in [5, 5.41) is 3.84. The van der Waals surface area contributed by atoms with Crippen molar-refractivity contribution in [1.29, 1.82) is 0 Å². The highest BCUT2D eigenvalue weighted by molar-refractivity contribution is 6.31. The lowest BCUT2D eigenvalue weighted by molar-refractivity contribution is 0.0964. The molecule has 6 rings (SSSR count). The minimum Gasteiger partial charge on any atom is -0.455 e. The molecular weight excluding hydrogens is 517 g/mol. The van der Waals surface area contributed by atoms with Crippen molar-refractivity contribution in [2.75, 3.05) is 26.0 Å². The van der Waals surface area contributed by atoms with Crippen LogP contribution in [0.5, 0.6) is 0 Å². The Bertz CT molecular complexity index is 1840. The number of anilines is 1. The normalized spacial score (nSPS) is 11.3. The molecule has 0 aliphatic rings. The number of hydrogen-bond acceptors (Lipinski definition) is 5. The number of oxazole rings is 1. The Balaban J connectivity index is 1.58. The van der Waals surface area contributed by atoms with E-state index in [9.17, 15) is 9.18 Å². The van der Waals surface area contributed by atoms with E-state index < -0.39 is 0 Å². The van der Waals surface area contributed by atoms with E-state index in [-0.39, 0.29) is 11.7 Å². The lowest BCUT2D eigenvalue weighted by Crippen LogP contribution is -2.18. The van der Waals surface area contributed by atoms with E-state index in [1.165, 1.54) is 12.1 Å². The summed E-state index contributed by atoms with van der Waals surface area (Å²) in [6.07, 6.45) is 0. The molecule has 2 aromatic heterocycles. The van der Waals surface area contributed by atoms with Crippen LogP contribution in [-0.4, -0.2) is 32.0 Å². The standard InChI is InChI=1S/C31H23ClFN3O3/c1-34-30(37)28-23-15-22(25(36(2)3)16-27(23)38-29(28)17-8-10-21(33)11-9-17)18-12-19(14-20(32)13-18)31-35-24-6-4-5-7-26(24)39-31/h4-16H,1-3H3,(H,34,37). The molecule has 0 aliphatic heterocycles. The first-order valence-electron chi connectivity index (χ1n) is 12.2. The van der Waals surface area contributed by atoms with Gasteiger partial charge in [-0.15, -0.1) is 0 Å². The molecule has 0 saturated carbocycles. The van der Waals surface area contributed by atoms with Gasteiger partial charge < -0.3 is 19.1 Å². The van der Waals surface area contributed by atoms with Gasteiger partial charge in [0.2, 0.25) is 5.89 Å². The van der Waals surface area contributed by atoms with Crippen molar-refractivity contribution in [3.63, 3.8) is 0 Å². The molecule has 0 aliphatic carbocycles. The summed E-state index contributed by atoms with van der Waals surface area (Å²) in [7, 11) is 5.43. The van der Waals surface area contributed by atoms with Crippen LogP contribution in [-0.2, 0) is 0 Å². The summed E-state index contributed by atoms with van der Waals surface area (Å²) in [6.45, 7) is 0. The zero-order valence-electron chi connectivity index (χ0n) is 21.4. The third-order valence-electron chi connectivity index (χ3n) is 6.60. The van der Waals surface area contributed by atoms with Gasteiger partial charge in [-0.2, -0.15) is 0 Å². The highest BCUT2D eigenvalue weighted by Gasteiger charge is 2.24. The number of furan rings is 1. The molecule has 2 heterocycles. The van der Waals surface area contributed by atoms with Gasteiger partial charge in [-0.25, -0.2) is 9.37 Å². The smallest absolute Gasteiger partial charge is 0.255 e. The highest BCUT2D eigenvalue weighted by atomic mass is 35.5. The first-order chi connectivity index (χ1) is 18.8. The van der Waals surface area contributed by atoms with Gasteiger partial charge in [-0.3, -0.25) is 4.79 Å². The Hall–Kier alpha value is -4.62. The highest BCUT2D eigenvalue weighted by Crippen LogP contribution is 2.42. The van der Waals surface area contributed by atoms with Crippen LogP contribution < -0.4 is 10.2 Å². The molecule has 8 heteroatoms. The number of para-hydroxylation sites is 2. The second-order valence-electron chi connectivity index (χ2n) is 9.37. The monoisotopic (exact) mass is 539 g/mol. The van der Waals surface area contributed by atoms with Gasteiger partial charge in [0.1, 0.15) is 22.7 Å². The summed E-state index contributed by atoms with van der Waals surface area (Å²) >= 11 is 6.60. The van der Waals surface area contributed by atoms with E-state index in [0.717, 1.165) is 27.9 Å². The number of fused-ring (bicyclic) bond motifs is 2. The lowest BCUT2D eigenvalue weighted by atomic mass is 9.97. The molecule has 1 amide bonds. The van der Waals surface area contributed by atoms with Crippen molar-refractivity contribution in [3.8, 4) is 33.9 Å². The van der Waals surface area contributed by atoms with Crippen LogP contribution in [0.15, 0.2) is 87.7 Å². The van der Waals surface area contributed by atoms with E-state index >= 15 is 0 Å². The zero-order valence-corrected chi connectivity index (χ0v) is 22.1. The molecule has 0 spiro atoms. The van der Waals surface area contributed by atoms with Crippen LogP contribution in [0.2, 0.25) is 5.02 Å². The van der Waals surface area contributed by atoms with Crippen LogP contribution >= 0.6 is 11.6 Å². The molecule has 0 saturated heterocycles. The Morgan fingerprint density at radius 1 is 0.897 bits per heavy atom. The second kappa shape index (κ2) is 9.60. The van der Waals surface area contributed by atoms with Gasteiger partial charge in [0.15, 0.2) is 5.58 Å². The van der Waals surface area contributed by atoms with E-state index in [0.29, 0.717) is 44.4 Å². The molecule has 6 aromatic rings. The maximum Gasteiger partial charge on any atom is 0.255 e. The molecule has 0 radical (unpaired) electrons. The zero-order chi connectivity index (χ0) is 27.3. The van der Waals surface area contributed by atoms with Gasteiger partial charge in [0.05, 0.1) is 5.56 Å². The first kappa shape index (κ1) is 24.7. The number of halogens is 2. The van der Waals surface area contributed by atoms with Gasteiger partial charge in [0, 0.05) is 60.0 Å². The fraction of sp³-hybridized carbons (Fsp3) is 0.0968. The van der Waals surface area contributed by atoms with Crippen molar-refractivity contribution in [1.82, 2.24) is 10.3 Å². The minimum atomic E-state index is -0.371. The van der Waals surface area contributed by atoms with Crippen molar-refractivity contribution in [2.24, 2.45) is 0 Å². The lowest BCUT2D eigenvalue weighted by Gasteiger charge is -2.18. The first-order valence-corrected chi connectivity index (χ1v) is 12.6. The SMILES string of the molecule is CNC(=O)c1c(-c2ccc(F)cc2)oc2cc(N(C)C)c(-c3cc(Cl)cc(-c4nc5ccccc5o4)c3)cc12. The topological polar surface area (TPSA) is 71.5 Å². The average molecular weight is 540 g/mol. The number of benzene rings is 4. The molecule has 6 nitrogen and oxygen atoms in total. The Morgan fingerprint density at radius 2 is 1.64 bits per heavy atom. The predicted molar refractivity (Wildman–Crippen MR) is 153 cm³/mol. The third-order valence-corrected chi connectivity index (χ3v) is 6.82. The third kappa shape index (κ3) is 4.41. The van der Waals surface area contributed by atoms with Crippen molar-refractivity contribution < 1.29 is 18.0 Å². The summed E-state index contributed by atoms with van der Waals surface area (Å²) < 4.78 is 25.8. The molecule has 0 fully saturated rings. The van der Waals surface area contributed by atoms with E-state index in [4.69, 9.17) is 20.4 Å². The summed E-state index contributed by atoms with van der Waals surface area (Å²) in [5.41, 5.74) is 6.17. The number of amides is 1. The van der Waals surface area contributed by atoms with Crippen molar-refractivity contribution >= 4 is 45.3 Å². The maximum atomic E-state index is 13.6. The van der Waals surface area contributed by atoms with Gasteiger partial charge in [-0.1, -0.05) is 23.7 Å². The number of carbonyl (C=O) groups excluding carboxylic acids is 1. The fourth-order valence-corrected chi connectivity index (χ4v) is 4.99. The maximum absolute atomic E-state index is 13.6. The van der Waals surface area contributed by atoms with Crippen LogP contribution in [0.4, 0.5) is 10.1 Å². The number of hydrogen-bond donors (Lipinski definition) is 1. The van der Waals surface area contributed by atoms with E-state index in [1.807, 2.05) is 73.6 Å². The van der Waals surface area contributed by atoms with Crippen molar-refractivity contribution in [3.05, 3.63) is 95.3 Å². The molecule has 0 bridgehead atoms. The van der Waals surface area contributed by atoms with Gasteiger partial charge in [-0.05, 0) is 66.2 Å². The quantitative estimate of drug-likeness (QED) is 0.242. The van der Waals surface area contributed by atoms with Crippen LogP contribution in [0.1, 0.15) is 10.4 Å². The molecule has 0 unspecified atom stereocenters. The molecule has 0 atom stereocenters. The van der Waals surface area contributed by atoms with Gasteiger partial charge >= 0.3 is 0 Å².